The second kappa shape index (κ2) is 9.73. The Hall–Kier alpha value is -5.58. The molecule has 0 fully saturated rings. The van der Waals surface area contributed by atoms with Crippen molar-refractivity contribution in [2.24, 2.45) is 0 Å². The lowest BCUT2D eigenvalue weighted by atomic mass is 9.93. The van der Waals surface area contributed by atoms with Gasteiger partial charge in [0.1, 0.15) is 11.2 Å². The molecule has 7 aromatic carbocycles. The van der Waals surface area contributed by atoms with Gasteiger partial charge in [-0.15, -0.1) is 0 Å². The van der Waals surface area contributed by atoms with Crippen molar-refractivity contribution >= 4 is 65.9 Å². The Morgan fingerprint density at radius 1 is 0.432 bits per heavy atom. The molecule has 0 amide bonds. The van der Waals surface area contributed by atoms with Crippen LogP contribution in [0.3, 0.4) is 0 Å². The number of nitrogens with zero attached hydrogens (tertiary/aromatic N) is 3. The quantitative estimate of drug-likeness (QED) is 0.194. The molecule has 0 N–H and O–H groups in total. The fraction of sp³-hybridized carbons (Fsp3) is 0. The van der Waals surface area contributed by atoms with E-state index in [2.05, 4.69) is 66.7 Å². The maximum atomic E-state index is 6.45. The molecule has 0 aliphatic carbocycles. The second-order valence-electron chi connectivity index (χ2n) is 10.9. The minimum Gasteiger partial charge on any atom is -0.456 e. The number of hydrogen-bond donors (Lipinski definition) is 0. The highest BCUT2D eigenvalue weighted by molar-refractivity contribution is 6.32. The Kier molecular flexibility index (Phi) is 5.52. The van der Waals surface area contributed by atoms with Gasteiger partial charge in [0.15, 0.2) is 17.5 Å². The molecule has 0 saturated heterocycles. The van der Waals surface area contributed by atoms with Gasteiger partial charge in [-0.25, -0.2) is 15.0 Å². The van der Waals surface area contributed by atoms with Gasteiger partial charge in [0.05, 0.1) is 0 Å². The smallest absolute Gasteiger partial charge is 0.164 e. The summed E-state index contributed by atoms with van der Waals surface area (Å²) in [6.07, 6.45) is 0. The normalized spacial score (nSPS) is 11.8. The first-order chi connectivity index (χ1) is 21.7. The molecule has 4 nitrogen and oxygen atoms in total. The van der Waals surface area contributed by atoms with Gasteiger partial charge >= 0.3 is 0 Å². The van der Waals surface area contributed by atoms with E-state index in [1.807, 2.05) is 66.7 Å². The van der Waals surface area contributed by atoms with Gasteiger partial charge in [0, 0.05) is 32.5 Å². The molecule has 9 rings (SSSR count). The molecule has 9 aromatic rings. The van der Waals surface area contributed by atoms with Crippen LogP contribution in [0.15, 0.2) is 138 Å². The monoisotopic (exact) mass is 583 g/mol. The first-order valence-electron chi connectivity index (χ1n) is 14.5. The van der Waals surface area contributed by atoms with E-state index < -0.39 is 0 Å². The van der Waals surface area contributed by atoms with Crippen LogP contribution in [0.5, 0.6) is 0 Å². The fourth-order valence-electron chi connectivity index (χ4n) is 6.36. The minimum absolute atomic E-state index is 0.573. The lowest BCUT2D eigenvalue weighted by Gasteiger charge is -2.14. The average Bonchev–Trinajstić information content (AvgIpc) is 3.46. The summed E-state index contributed by atoms with van der Waals surface area (Å²) in [4.78, 5) is 15.4. The Labute approximate surface area is 257 Å². The van der Waals surface area contributed by atoms with Crippen LogP contribution in [-0.2, 0) is 0 Å². The number of hydrogen-bond acceptors (Lipinski definition) is 4. The Morgan fingerprint density at radius 3 is 2.00 bits per heavy atom. The van der Waals surface area contributed by atoms with Crippen LogP contribution in [0.1, 0.15) is 0 Å². The molecular formula is C39H22ClN3O. The van der Waals surface area contributed by atoms with Crippen LogP contribution in [0.4, 0.5) is 0 Å². The van der Waals surface area contributed by atoms with Gasteiger partial charge in [-0.3, -0.25) is 0 Å². The molecule has 0 aliphatic heterocycles. The number of rotatable bonds is 3. The molecule has 0 atom stereocenters. The number of benzene rings is 7. The minimum atomic E-state index is 0.573. The number of halogens is 1. The standard InChI is InChI=1S/C39H22ClN3O/c40-25-18-20-34-33(21-25)36-30(15-8-16-35(36)44-34)38-41-37(24-10-2-1-3-11-24)42-39(43-38)32-22-31-26-12-5-4-9-23(26)17-19-29(31)27-13-6-7-14-28(27)32/h1-22H. The third-order valence-electron chi connectivity index (χ3n) is 8.37. The summed E-state index contributed by atoms with van der Waals surface area (Å²) >= 11 is 6.45. The third-order valence-corrected chi connectivity index (χ3v) is 8.61. The Bertz CT molecular complexity index is 2570. The van der Waals surface area contributed by atoms with E-state index >= 15 is 0 Å². The second-order valence-corrected chi connectivity index (χ2v) is 11.4. The number of aromatic nitrogens is 3. The van der Waals surface area contributed by atoms with E-state index in [4.69, 9.17) is 31.0 Å². The summed E-state index contributed by atoms with van der Waals surface area (Å²) in [5.74, 6) is 1.79. The largest absolute Gasteiger partial charge is 0.456 e. The van der Waals surface area contributed by atoms with Crippen LogP contribution in [-0.4, -0.2) is 15.0 Å². The summed E-state index contributed by atoms with van der Waals surface area (Å²) in [6.45, 7) is 0. The lowest BCUT2D eigenvalue weighted by molar-refractivity contribution is 0.669. The third kappa shape index (κ3) is 3.89. The first kappa shape index (κ1) is 25.0. The van der Waals surface area contributed by atoms with Gasteiger partial charge < -0.3 is 4.42 Å². The van der Waals surface area contributed by atoms with Crippen molar-refractivity contribution in [3.05, 3.63) is 138 Å². The highest BCUT2D eigenvalue weighted by Gasteiger charge is 2.20. The van der Waals surface area contributed by atoms with Crippen molar-refractivity contribution in [3.8, 4) is 34.2 Å². The summed E-state index contributed by atoms with van der Waals surface area (Å²) in [5.41, 5.74) is 4.25. The molecule has 0 spiro atoms. The average molecular weight is 584 g/mol. The zero-order valence-corrected chi connectivity index (χ0v) is 24.1. The van der Waals surface area contributed by atoms with Gasteiger partial charge in [-0.2, -0.15) is 0 Å². The van der Waals surface area contributed by atoms with Crippen molar-refractivity contribution in [2.75, 3.05) is 0 Å². The highest BCUT2D eigenvalue weighted by atomic mass is 35.5. The van der Waals surface area contributed by atoms with Crippen molar-refractivity contribution in [1.82, 2.24) is 15.0 Å². The number of furan rings is 1. The summed E-state index contributed by atoms with van der Waals surface area (Å²) in [7, 11) is 0. The predicted molar refractivity (Wildman–Crippen MR) is 181 cm³/mol. The SMILES string of the molecule is Clc1ccc2oc3cccc(-c4nc(-c5ccccc5)nc(-c5cc6c7ccccc7ccc6c6ccccc56)n4)c3c2c1. The molecular weight excluding hydrogens is 562 g/mol. The zero-order valence-electron chi connectivity index (χ0n) is 23.3. The topological polar surface area (TPSA) is 51.8 Å². The highest BCUT2D eigenvalue weighted by Crippen LogP contribution is 2.40. The molecule has 0 unspecified atom stereocenters. The first-order valence-corrected chi connectivity index (χ1v) is 14.9. The van der Waals surface area contributed by atoms with E-state index in [0.717, 1.165) is 54.8 Å². The van der Waals surface area contributed by atoms with Gasteiger partial charge in [-0.1, -0.05) is 115 Å². The van der Waals surface area contributed by atoms with Crippen LogP contribution < -0.4 is 0 Å². The maximum absolute atomic E-state index is 6.45. The number of fused-ring (bicyclic) bond motifs is 8. The molecule has 0 saturated carbocycles. The van der Waals surface area contributed by atoms with Crippen molar-refractivity contribution in [3.63, 3.8) is 0 Å². The van der Waals surface area contributed by atoms with E-state index in [1.54, 1.807) is 0 Å². The summed E-state index contributed by atoms with van der Waals surface area (Å²) < 4.78 is 6.22. The Morgan fingerprint density at radius 2 is 1.14 bits per heavy atom. The van der Waals surface area contributed by atoms with E-state index in [-0.39, 0.29) is 0 Å². The fourth-order valence-corrected chi connectivity index (χ4v) is 6.54. The summed E-state index contributed by atoms with van der Waals surface area (Å²) in [5, 5.41) is 9.50. The van der Waals surface area contributed by atoms with Crippen LogP contribution in [0, 0.1) is 0 Å². The van der Waals surface area contributed by atoms with Crippen molar-refractivity contribution < 1.29 is 4.42 Å². The maximum Gasteiger partial charge on any atom is 0.164 e. The van der Waals surface area contributed by atoms with Crippen LogP contribution in [0.2, 0.25) is 5.02 Å². The zero-order chi connectivity index (χ0) is 29.2. The predicted octanol–water partition coefficient (Wildman–Crippen LogP) is 10.9. The Balaban J connectivity index is 1.39. The lowest BCUT2D eigenvalue weighted by Crippen LogP contribution is -2.01. The molecule has 2 aromatic heterocycles. The van der Waals surface area contributed by atoms with Crippen LogP contribution in [0.25, 0.3) is 88.4 Å². The van der Waals surface area contributed by atoms with Crippen molar-refractivity contribution in [1.29, 1.82) is 0 Å². The van der Waals surface area contributed by atoms with Gasteiger partial charge in [0.2, 0.25) is 0 Å². The molecule has 0 radical (unpaired) electrons. The molecule has 0 bridgehead atoms. The molecule has 206 valence electrons. The van der Waals surface area contributed by atoms with Gasteiger partial charge in [0.25, 0.3) is 0 Å². The van der Waals surface area contributed by atoms with Crippen LogP contribution >= 0.6 is 11.6 Å². The van der Waals surface area contributed by atoms with E-state index in [0.29, 0.717) is 22.5 Å². The van der Waals surface area contributed by atoms with Crippen molar-refractivity contribution in [2.45, 2.75) is 0 Å². The molecule has 5 heteroatoms. The van der Waals surface area contributed by atoms with E-state index in [1.165, 1.54) is 16.2 Å². The molecule has 2 heterocycles. The van der Waals surface area contributed by atoms with E-state index in [9.17, 15) is 0 Å². The molecule has 44 heavy (non-hydrogen) atoms. The molecule has 0 aliphatic rings. The van der Waals surface area contributed by atoms with Gasteiger partial charge in [-0.05, 0) is 62.6 Å². The summed E-state index contributed by atoms with van der Waals surface area (Å²) in [6, 6.07) is 45.4.